The van der Waals surface area contributed by atoms with Crippen LogP contribution in [-0.2, 0) is 23.2 Å². The molecule has 0 spiro atoms. The molecule has 1 aromatic carbocycles. The second kappa shape index (κ2) is 6.09. The third-order valence-electron chi connectivity index (χ3n) is 3.62. The molecule has 1 N–H and O–H groups in total. The molecule has 1 aromatic heterocycles. The van der Waals surface area contributed by atoms with E-state index in [2.05, 4.69) is 31.0 Å². The van der Waals surface area contributed by atoms with Crippen LogP contribution in [-0.4, -0.2) is 23.1 Å². The van der Waals surface area contributed by atoms with Gasteiger partial charge in [-0.15, -0.1) is 0 Å². The summed E-state index contributed by atoms with van der Waals surface area (Å²) >= 11 is 3.31. The van der Waals surface area contributed by atoms with Crippen molar-refractivity contribution in [1.29, 1.82) is 0 Å². The van der Waals surface area contributed by atoms with E-state index in [1.165, 1.54) is 4.68 Å². The predicted octanol–water partition coefficient (Wildman–Crippen LogP) is -0.243. The summed E-state index contributed by atoms with van der Waals surface area (Å²) < 4.78 is 6.66. The molecule has 2 heterocycles. The number of rotatable bonds is 4. The van der Waals surface area contributed by atoms with Crippen LogP contribution in [0.25, 0.3) is 0 Å². The number of aromatic nitrogens is 2. The van der Waals surface area contributed by atoms with Crippen LogP contribution in [0.1, 0.15) is 12.1 Å². The smallest absolute Gasteiger partial charge is 0.251 e. The summed E-state index contributed by atoms with van der Waals surface area (Å²) in [5.74, 6) is -1.20. The molecule has 8 nitrogen and oxygen atoms in total. The summed E-state index contributed by atoms with van der Waals surface area (Å²) in [6, 6.07) is 6.23. The quantitative estimate of drug-likeness (QED) is 0.579. The van der Waals surface area contributed by atoms with Crippen LogP contribution < -0.4 is 20.0 Å². The van der Waals surface area contributed by atoms with Crippen molar-refractivity contribution in [3.8, 4) is 5.95 Å². The Morgan fingerprint density at radius 1 is 1.43 bits per heavy atom. The molecule has 1 saturated heterocycles. The van der Waals surface area contributed by atoms with E-state index in [1.807, 2.05) is 0 Å². The maximum Gasteiger partial charge on any atom is 0.251 e. The lowest BCUT2D eigenvalue weighted by molar-refractivity contribution is -0.746. The average Bonchev–Trinajstić information content (AvgIpc) is 2.98. The number of hydrogen-bond acceptors (Lipinski definition) is 6. The Bertz CT molecular complexity index is 739. The molecule has 1 aliphatic heterocycles. The Morgan fingerprint density at radius 2 is 2.13 bits per heavy atom. The highest BCUT2D eigenvalue weighted by Crippen LogP contribution is 2.24. The number of nitrogens with zero attached hydrogens (tertiary/aromatic N) is 3. The number of amides is 2. The van der Waals surface area contributed by atoms with Gasteiger partial charge in [0.05, 0.1) is 30.0 Å². The zero-order chi connectivity index (χ0) is 16.6. The minimum Gasteiger partial charge on any atom is -0.539 e. The Hall–Kier alpha value is -2.26. The Kier molecular flexibility index (Phi) is 4.14. The average molecular weight is 381 g/mol. The second-order valence-electron chi connectivity index (χ2n) is 5.11. The number of anilines is 1. The Labute approximate surface area is 139 Å². The zero-order valence-corrected chi connectivity index (χ0v) is 13.7. The van der Waals surface area contributed by atoms with E-state index in [4.69, 9.17) is 0 Å². The van der Waals surface area contributed by atoms with E-state index in [0.29, 0.717) is 5.69 Å². The number of imide groups is 1. The normalized spacial score (nSPS) is 18.0. The molecule has 9 heteroatoms. The largest absolute Gasteiger partial charge is 0.539 e. The lowest BCUT2D eigenvalue weighted by atomic mass is 10.2. The number of aryl methyl sites for hydroxylation is 1. The first-order valence-corrected chi connectivity index (χ1v) is 7.64. The van der Waals surface area contributed by atoms with E-state index in [0.717, 1.165) is 9.37 Å². The van der Waals surface area contributed by atoms with Crippen LogP contribution in [0.3, 0.4) is 0 Å². The number of nitrogens with one attached hydrogen (secondary N) is 1. The van der Waals surface area contributed by atoms with Crippen LogP contribution in [0.2, 0.25) is 0 Å². The van der Waals surface area contributed by atoms with Crippen molar-refractivity contribution in [3.05, 3.63) is 34.4 Å². The lowest BCUT2D eigenvalue weighted by Gasteiger charge is -2.15. The standard InChI is InChI=1S/C14H13BrN4O4/c1-18-11(14(22)23-17-18)7-16-10-6-12(20)19(13(10)21)9-4-2-8(15)3-5-9/h2-5,10,16H,6-7H2,1H3. The van der Waals surface area contributed by atoms with Gasteiger partial charge in [0.2, 0.25) is 11.6 Å². The molecule has 1 fully saturated rings. The molecule has 0 radical (unpaired) electrons. The van der Waals surface area contributed by atoms with Crippen molar-refractivity contribution < 1.29 is 23.9 Å². The highest BCUT2D eigenvalue weighted by Gasteiger charge is 2.39. The van der Waals surface area contributed by atoms with Gasteiger partial charge in [-0.2, -0.15) is 0 Å². The fraction of sp³-hybridized carbons (Fsp3) is 0.286. The minimum absolute atomic E-state index is 0.0398. The maximum absolute atomic E-state index is 12.4. The number of carbonyl (C=O) groups is 2. The van der Waals surface area contributed by atoms with E-state index in [-0.39, 0.29) is 30.5 Å². The molecule has 0 aliphatic carbocycles. The first kappa shape index (κ1) is 15.6. The first-order chi connectivity index (χ1) is 11.0. The third kappa shape index (κ3) is 2.97. The number of benzene rings is 1. The van der Waals surface area contributed by atoms with Crippen molar-refractivity contribution in [2.24, 2.45) is 7.05 Å². The second-order valence-corrected chi connectivity index (χ2v) is 6.03. The summed E-state index contributed by atoms with van der Waals surface area (Å²) in [4.78, 5) is 25.7. The highest BCUT2D eigenvalue weighted by molar-refractivity contribution is 9.10. The molecule has 2 amide bonds. The minimum atomic E-state index is -0.680. The van der Waals surface area contributed by atoms with E-state index < -0.39 is 12.0 Å². The monoisotopic (exact) mass is 380 g/mol. The molecule has 23 heavy (non-hydrogen) atoms. The van der Waals surface area contributed by atoms with Crippen LogP contribution in [0.4, 0.5) is 5.69 Å². The fourth-order valence-corrected chi connectivity index (χ4v) is 2.66. The van der Waals surface area contributed by atoms with Gasteiger partial charge in [0.1, 0.15) is 0 Å². The predicted molar refractivity (Wildman–Crippen MR) is 79.0 cm³/mol. The van der Waals surface area contributed by atoms with Gasteiger partial charge in [0.25, 0.3) is 5.91 Å². The van der Waals surface area contributed by atoms with Crippen molar-refractivity contribution in [1.82, 2.24) is 10.6 Å². The van der Waals surface area contributed by atoms with Crippen LogP contribution in [0.15, 0.2) is 33.3 Å². The molecule has 1 unspecified atom stereocenters. The molecular weight excluding hydrogens is 368 g/mol. The molecule has 3 rings (SSSR count). The third-order valence-corrected chi connectivity index (χ3v) is 4.15. The summed E-state index contributed by atoms with van der Waals surface area (Å²) in [5, 5.41) is 17.9. The molecule has 1 aliphatic rings. The van der Waals surface area contributed by atoms with Gasteiger partial charge in [-0.05, 0) is 24.3 Å². The van der Waals surface area contributed by atoms with Gasteiger partial charge in [-0.3, -0.25) is 14.9 Å². The zero-order valence-electron chi connectivity index (χ0n) is 12.2. The summed E-state index contributed by atoms with van der Waals surface area (Å²) in [7, 11) is 1.57. The van der Waals surface area contributed by atoms with Crippen LogP contribution >= 0.6 is 15.9 Å². The molecule has 0 bridgehead atoms. The van der Waals surface area contributed by atoms with Gasteiger partial charge in [0, 0.05) is 4.47 Å². The highest BCUT2D eigenvalue weighted by atomic mass is 79.9. The summed E-state index contributed by atoms with van der Waals surface area (Å²) in [6.45, 7) is 0.0939. The van der Waals surface area contributed by atoms with Crippen molar-refractivity contribution in [3.63, 3.8) is 0 Å². The van der Waals surface area contributed by atoms with Gasteiger partial charge in [-0.25, -0.2) is 4.90 Å². The molecular formula is C14H13BrN4O4. The van der Waals surface area contributed by atoms with E-state index in [9.17, 15) is 14.7 Å². The van der Waals surface area contributed by atoms with Gasteiger partial charge in [-0.1, -0.05) is 20.6 Å². The van der Waals surface area contributed by atoms with Gasteiger partial charge < -0.3 is 9.63 Å². The van der Waals surface area contributed by atoms with Crippen LogP contribution in [0, 0.1) is 0 Å². The molecule has 0 saturated carbocycles. The topological polar surface area (TPSA) is 102 Å². The number of halogens is 1. The summed E-state index contributed by atoms with van der Waals surface area (Å²) in [6.07, 6.45) is 0.0398. The van der Waals surface area contributed by atoms with Crippen molar-refractivity contribution in [2.45, 2.75) is 19.0 Å². The van der Waals surface area contributed by atoms with Crippen molar-refractivity contribution >= 4 is 33.4 Å². The number of carbonyl (C=O) groups excluding carboxylic acids is 2. The fourth-order valence-electron chi connectivity index (χ4n) is 2.39. The summed E-state index contributed by atoms with van der Waals surface area (Å²) in [5.41, 5.74) is 0.805. The number of hydrogen-bond donors (Lipinski definition) is 1. The van der Waals surface area contributed by atoms with Crippen molar-refractivity contribution in [2.75, 3.05) is 4.90 Å². The Balaban J connectivity index is 1.72. The maximum atomic E-state index is 12.4. The SMILES string of the molecule is C[n+]1noc([O-])c1CNC1CC(=O)N(c2ccc(Br)cc2)C1=O. The van der Waals surface area contributed by atoms with Gasteiger partial charge in [0.15, 0.2) is 13.0 Å². The molecule has 2 aromatic rings. The first-order valence-electron chi connectivity index (χ1n) is 6.85. The van der Waals surface area contributed by atoms with E-state index >= 15 is 0 Å². The molecule has 1 atom stereocenters. The van der Waals surface area contributed by atoms with Crippen LogP contribution in [0.5, 0.6) is 5.95 Å². The Morgan fingerprint density at radius 3 is 2.74 bits per heavy atom. The lowest BCUT2D eigenvalue weighted by Crippen LogP contribution is -2.42. The van der Waals surface area contributed by atoms with E-state index in [1.54, 1.807) is 31.3 Å². The van der Waals surface area contributed by atoms with Gasteiger partial charge >= 0.3 is 0 Å². The molecule has 120 valence electrons.